The molecule has 8 nitrogen and oxygen atoms in total. The van der Waals surface area contributed by atoms with Gasteiger partial charge in [0.2, 0.25) is 0 Å². The van der Waals surface area contributed by atoms with Gasteiger partial charge in [0, 0.05) is 17.6 Å². The first kappa shape index (κ1) is 12.4. The largest absolute Gasteiger partial charge is 0.444 e. The Labute approximate surface area is 110 Å². The summed E-state index contributed by atoms with van der Waals surface area (Å²) in [5.41, 5.74) is 0. The summed E-state index contributed by atoms with van der Waals surface area (Å²) in [5, 5.41) is 17.5. The molecule has 19 heavy (non-hydrogen) atoms. The lowest BCUT2D eigenvalue weighted by atomic mass is 10.1. The summed E-state index contributed by atoms with van der Waals surface area (Å²) in [4.78, 5) is 14.0. The summed E-state index contributed by atoms with van der Waals surface area (Å²) < 4.78 is 7.19. The highest BCUT2D eigenvalue weighted by atomic mass is 16.6. The zero-order valence-electron chi connectivity index (χ0n) is 10.5. The molecule has 2 N–H and O–H groups in total. The molecule has 0 radical (unpaired) electrons. The van der Waals surface area contributed by atoms with Crippen LogP contribution in [0.25, 0.3) is 0 Å². The van der Waals surface area contributed by atoms with Gasteiger partial charge in [0.25, 0.3) is 0 Å². The fraction of sp³-hybridized carbons (Fsp3) is 0.727. The molecule has 0 aliphatic carbocycles. The first-order chi connectivity index (χ1) is 9.22. The zero-order chi connectivity index (χ0) is 13.2. The number of imidazole rings is 1. The number of aromatic nitrogens is 2. The maximum Gasteiger partial charge on any atom is 0.414 e. The zero-order valence-corrected chi connectivity index (χ0v) is 10.5. The topological polar surface area (TPSA) is 94.2 Å². The molecule has 1 atom stereocenters. The molecule has 0 amide bonds. The highest BCUT2D eigenvalue weighted by molar-refractivity contribution is 5.21. The molecular weight excluding hydrogens is 250 g/mol. The van der Waals surface area contributed by atoms with E-state index in [4.69, 9.17) is 4.74 Å². The van der Waals surface area contributed by atoms with E-state index in [0.717, 1.165) is 25.9 Å². The maximum atomic E-state index is 10.7. The number of nitro groups is 1. The first-order valence-electron chi connectivity index (χ1n) is 6.53. The van der Waals surface area contributed by atoms with E-state index in [9.17, 15) is 10.1 Å². The average Bonchev–Trinajstić information content (AvgIpc) is 2.83. The summed E-state index contributed by atoms with van der Waals surface area (Å²) in [5.74, 6) is -0.155. The Morgan fingerprint density at radius 1 is 1.47 bits per heavy atom. The van der Waals surface area contributed by atoms with E-state index in [1.807, 2.05) is 0 Å². The number of fused-ring (bicyclic) bond motifs is 1. The molecular formula is C11H17N5O3. The SMILES string of the molecule is O=[N+]([O-])c1cn2c(n1)OC[C@@H](NC1CCNCC1)C2. The van der Waals surface area contributed by atoms with E-state index in [1.54, 1.807) is 4.57 Å². The summed E-state index contributed by atoms with van der Waals surface area (Å²) in [6.07, 6.45) is 3.65. The third-order valence-electron chi connectivity index (χ3n) is 3.56. The summed E-state index contributed by atoms with van der Waals surface area (Å²) >= 11 is 0. The minimum Gasteiger partial charge on any atom is -0.444 e. The predicted molar refractivity (Wildman–Crippen MR) is 67.2 cm³/mol. The highest BCUT2D eigenvalue weighted by Crippen LogP contribution is 2.21. The smallest absolute Gasteiger partial charge is 0.414 e. The molecule has 1 fully saturated rings. The van der Waals surface area contributed by atoms with Crippen molar-refractivity contribution in [1.29, 1.82) is 0 Å². The second-order valence-corrected chi connectivity index (χ2v) is 4.99. The van der Waals surface area contributed by atoms with Crippen molar-refractivity contribution in [1.82, 2.24) is 20.2 Å². The molecule has 1 aromatic rings. The third kappa shape index (κ3) is 2.69. The van der Waals surface area contributed by atoms with Crippen molar-refractivity contribution in [3.63, 3.8) is 0 Å². The number of hydrogen-bond donors (Lipinski definition) is 2. The van der Waals surface area contributed by atoms with Crippen LogP contribution in [0, 0.1) is 10.1 Å². The van der Waals surface area contributed by atoms with Crippen molar-refractivity contribution >= 4 is 5.82 Å². The van der Waals surface area contributed by atoms with Crippen LogP contribution in [0.1, 0.15) is 12.8 Å². The van der Waals surface area contributed by atoms with Crippen molar-refractivity contribution < 1.29 is 9.66 Å². The third-order valence-corrected chi connectivity index (χ3v) is 3.56. The molecule has 8 heteroatoms. The van der Waals surface area contributed by atoms with Crippen molar-refractivity contribution in [3.05, 3.63) is 16.3 Å². The van der Waals surface area contributed by atoms with Gasteiger partial charge in [0.1, 0.15) is 12.8 Å². The molecule has 0 bridgehead atoms. The maximum absolute atomic E-state index is 10.7. The van der Waals surface area contributed by atoms with Gasteiger partial charge in [-0.1, -0.05) is 0 Å². The lowest BCUT2D eigenvalue weighted by molar-refractivity contribution is -0.389. The molecule has 0 aromatic carbocycles. The van der Waals surface area contributed by atoms with Crippen LogP contribution in [-0.2, 0) is 6.54 Å². The normalized spacial score (nSPS) is 23.7. The molecule has 1 saturated heterocycles. The quantitative estimate of drug-likeness (QED) is 0.586. The van der Waals surface area contributed by atoms with Gasteiger partial charge in [-0.2, -0.15) is 0 Å². The molecule has 1 aromatic heterocycles. The second-order valence-electron chi connectivity index (χ2n) is 4.99. The number of piperidine rings is 1. The molecule has 0 spiro atoms. The number of nitrogens with zero attached hydrogens (tertiary/aromatic N) is 3. The number of nitrogens with one attached hydrogen (secondary N) is 2. The fourth-order valence-electron chi connectivity index (χ4n) is 2.61. The van der Waals surface area contributed by atoms with E-state index < -0.39 is 4.92 Å². The van der Waals surface area contributed by atoms with Gasteiger partial charge in [-0.3, -0.25) is 4.57 Å². The minimum absolute atomic E-state index is 0.155. The van der Waals surface area contributed by atoms with Crippen molar-refractivity contribution in [2.75, 3.05) is 19.7 Å². The van der Waals surface area contributed by atoms with E-state index in [2.05, 4.69) is 15.6 Å². The second kappa shape index (κ2) is 5.14. The lowest BCUT2D eigenvalue weighted by Gasteiger charge is -2.30. The van der Waals surface area contributed by atoms with Gasteiger partial charge in [0.05, 0.1) is 6.04 Å². The molecule has 0 saturated carbocycles. The average molecular weight is 267 g/mol. The van der Waals surface area contributed by atoms with Gasteiger partial charge in [-0.15, -0.1) is 0 Å². The molecule has 2 aliphatic rings. The first-order valence-corrected chi connectivity index (χ1v) is 6.53. The Morgan fingerprint density at radius 3 is 3.00 bits per heavy atom. The predicted octanol–water partition coefficient (Wildman–Crippen LogP) is -0.106. The molecule has 2 aliphatic heterocycles. The van der Waals surface area contributed by atoms with E-state index in [-0.39, 0.29) is 11.9 Å². The fourth-order valence-corrected chi connectivity index (χ4v) is 2.61. The van der Waals surface area contributed by atoms with Crippen molar-refractivity contribution in [2.24, 2.45) is 0 Å². The van der Waals surface area contributed by atoms with Crippen LogP contribution in [0.15, 0.2) is 6.20 Å². The van der Waals surface area contributed by atoms with Crippen LogP contribution in [0.3, 0.4) is 0 Å². The Morgan fingerprint density at radius 2 is 2.26 bits per heavy atom. The van der Waals surface area contributed by atoms with Gasteiger partial charge in [-0.25, -0.2) is 0 Å². The summed E-state index contributed by atoms with van der Waals surface area (Å²) in [6.45, 7) is 3.25. The Bertz CT molecular complexity index is 469. The van der Waals surface area contributed by atoms with Crippen LogP contribution < -0.4 is 15.4 Å². The van der Waals surface area contributed by atoms with Gasteiger partial charge in [0.15, 0.2) is 0 Å². The summed E-state index contributed by atoms with van der Waals surface area (Å²) in [6, 6.07) is 1.02. The van der Waals surface area contributed by atoms with Gasteiger partial charge < -0.3 is 25.5 Å². The Balaban J connectivity index is 1.63. The van der Waals surface area contributed by atoms with Crippen LogP contribution in [0.5, 0.6) is 6.01 Å². The Kier molecular flexibility index (Phi) is 3.34. The van der Waals surface area contributed by atoms with Crippen molar-refractivity contribution in [2.45, 2.75) is 31.5 Å². The van der Waals surface area contributed by atoms with Gasteiger partial charge in [-0.05, 0) is 30.9 Å². The number of ether oxygens (including phenoxy) is 1. The van der Waals surface area contributed by atoms with Crippen LogP contribution in [0.4, 0.5) is 5.82 Å². The Hall–Kier alpha value is -1.67. The summed E-state index contributed by atoms with van der Waals surface area (Å²) in [7, 11) is 0. The van der Waals surface area contributed by atoms with Crippen LogP contribution in [-0.4, -0.2) is 46.3 Å². The van der Waals surface area contributed by atoms with E-state index in [0.29, 0.717) is 25.2 Å². The van der Waals surface area contributed by atoms with Crippen LogP contribution in [0.2, 0.25) is 0 Å². The molecule has 3 heterocycles. The van der Waals surface area contributed by atoms with E-state index >= 15 is 0 Å². The standard InChI is InChI=1S/C11H17N5O3/c17-16(18)10-6-15-5-9(7-19-11(15)14-10)13-8-1-3-12-4-2-8/h6,8-9,12-13H,1-5,7H2/t9-/m0/s1. The number of rotatable bonds is 3. The van der Waals surface area contributed by atoms with Crippen LogP contribution >= 0.6 is 0 Å². The minimum atomic E-state index is -0.496. The molecule has 104 valence electrons. The number of hydrogen-bond acceptors (Lipinski definition) is 6. The molecule has 3 rings (SSSR count). The molecule has 0 unspecified atom stereocenters. The van der Waals surface area contributed by atoms with Gasteiger partial charge >= 0.3 is 11.8 Å². The van der Waals surface area contributed by atoms with Crippen molar-refractivity contribution in [3.8, 4) is 6.01 Å². The highest BCUT2D eigenvalue weighted by Gasteiger charge is 2.29. The monoisotopic (exact) mass is 267 g/mol. The lowest BCUT2D eigenvalue weighted by Crippen LogP contribution is -2.49. The van der Waals surface area contributed by atoms with E-state index in [1.165, 1.54) is 6.20 Å².